The number of hydrogen-bond donors (Lipinski definition) is 2. The maximum atomic E-state index is 3.55. The van der Waals surface area contributed by atoms with Crippen LogP contribution in [0, 0.1) is 6.92 Å². The van der Waals surface area contributed by atoms with E-state index in [9.17, 15) is 0 Å². The quantitative estimate of drug-likeness (QED) is 0.816. The Labute approximate surface area is 113 Å². The molecule has 0 aliphatic carbocycles. The lowest BCUT2D eigenvalue weighted by Gasteiger charge is -2.20. The van der Waals surface area contributed by atoms with Gasteiger partial charge in [-0.05, 0) is 44.9 Å². The lowest BCUT2D eigenvalue weighted by molar-refractivity contribution is 0.421. The van der Waals surface area contributed by atoms with E-state index in [0.717, 1.165) is 19.6 Å². The minimum absolute atomic E-state index is 0.203. The standard InChI is InChI=1S/C14H23BrN2/c1-11-5-6-12(9-13(11)15)10-16-7-8-17-14(2,3)4/h5-6,9,16-17H,7-8,10H2,1-4H3. The Balaban J connectivity index is 2.25. The number of nitrogens with one attached hydrogen (secondary N) is 2. The van der Waals surface area contributed by atoms with Gasteiger partial charge in [-0.1, -0.05) is 28.1 Å². The highest BCUT2D eigenvalue weighted by atomic mass is 79.9. The summed E-state index contributed by atoms with van der Waals surface area (Å²) in [4.78, 5) is 0. The molecule has 1 aromatic rings. The third kappa shape index (κ3) is 6.20. The van der Waals surface area contributed by atoms with E-state index in [1.165, 1.54) is 15.6 Å². The first-order valence-electron chi connectivity index (χ1n) is 6.09. The second-order valence-electron chi connectivity index (χ2n) is 5.44. The van der Waals surface area contributed by atoms with Crippen molar-refractivity contribution in [2.45, 2.75) is 39.8 Å². The summed E-state index contributed by atoms with van der Waals surface area (Å²) in [6.07, 6.45) is 0. The summed E-state index contributed by atoms with van der Waals surface area (Å²) in [7, 11) is 0. The van der Waals surface area contributed by atoms with Crippen LogP contribution in [0.15, 0.2) is 22.7 Å². The van der Waals surface area contributed by atoms with Gasteiger partial charge in [0.15, 0.2) is 0 Å². The van der Waals surface area contributed by atoms with Crippen molar-refractivity contribution in [3.8, 4) is 0 Å². The highest BCUT2D eigenvalue weighted by Crippen LogP contribution is 2.17. The van der Waals surface area contributed by atoms with Crippen molar-refractivity contribution in [3.63, 3.8) is 0 Å². The fourth-order valence-electron chi connectivity index (χ4n) is 1.50. The van der Waals surface area contributed by atoms with E-state index in [1.54, 1.807) is 0 Å². The van der Waals surface area contributed by atoms with Gasteiger partial charge in [-0.25, -0.2) is 0 Å². The van der Waals surface area contributed by atoms with Crippen molar-refractivity contribution >= 4 is 15.9 Å². The summed E-state index contributed by atoms with van der Waals surface area (Å²) in [5.74, 6) is 0. The minimum atomic E-state index is 0.203. The number of rotatable bonds is 5. The van der Waals surface area contributed by atoms with E-state index < -0.39 is 0 Å². The lowest BCUT2D eigenvalue weighted by atomic mass is 10.1. The van der Waals surface area contributed by atoms with Gasteiger partial charge in [-0.3, -0.25) is 0 Å². The zero-order valence-corrected chi connectivity index (χ0v) is 12.8. The second kappa shape index (κ2) is 6.53. The van der Waals surface area contributed by atoms with Crippen LogP contribution in [0.25, 0.3) is 0 Å². The molecule has 0 aliphatic rings. The summed E-state index contributed by atoms with van der Waals surface area (Å²) < 4.78 is 1.18. The average molecular weight is 299 g/mol. The number of aryl methyl sites for hydroxylation is 1. The molecule has 0 radical (unpaired) electrons. The molecular formula is C14H23BrN2. The largest absolute Gasteiger partial charge is 0.311 e. The molecule has 0 aliphatic heterocycles. The molecule has 3 heteroatoms. The van der Waals surface area contributed by atoms with E-state index in [2.05, 4.69) is 72.5 Å². The Morgan fingerprint density at radius 1 is 1.18 bits per heavy atom. The molecular weight excluding hydrogens is 276 g/mol. The van der Waals surface area contributed by atoms with Crippen LogP contribution in [0.2, 0.25) is 0 Å². The first-order valence-corrected chi connectivity index (χ1v) is 6.88. The zero-order chi connectivity index (χ0) is 12.9. The van der Waals surface area contributed by atoms with Gasteiger partial charge in [0.25, 0.3) is 0 Å². The van der Waals surface area contributed by atoms with Gasteiger partial charge in [0, 0.05) is 29.6 Å². The predicted molar refractivity (Wildman–Crippen MR) is 78.3 cm³/mol. The summed E-state index contributed by atoms with van der Waals surface area (Å²) in [6.45, 7) is 11.6. The second-order valence-corrected chi connectivity index (χ2v) is 6.29. The van der Waals surface area contributed by atoms with Crippen LogP contribution in [0.1, 0.15) is 31.9 Å². The maximum absolute atomic E-state index is 3.55. The molecule has 2 N–H and O–H groups in total. The monoisotopic (exact) mass is 298 g/mol. The summed E-state index contributed by atoms with van der Waals surface area (Å²) in [5, 5.41) is 6.89. The van der Waals surface area contributed by atoms with Crippen molar-refractivity contribution in [1.82, 2.24) is 10.6 Å². The molecule has 0 fully saturated rings. The summed E-state index contributed by atoms with van der Waals surface area (Å²) >= 11 is 3.55. The van der Waals surface area contributed by atoms with Crippen LogP contribution >= 0.6 is 15.9 Å². The third-order valence-electron chi connectivity index (χ3n) is 2.52. The SMILES string of the molecule is Cc1ccc(CNCCNC(C)(C)C)cc1Br. The van der Waals surface area contributed by atoms with Crippen LogP contribution in [-0.2, 0) is 6.54 Å². The van der Waals surface area contributed by atoms with Gasteiger partial charge in [0.05, 0.1) is 0 Å². The van der Waals surface area contributed by atoms with E-state index in [4.69, 9.17) is 0 Å². The Hall–Kier alpha value is -0.380. The molecule has 0 unspecified atom stereocenters. The molecule has 1 rings (SSSR count). The first-order chi connectivity index (χ1) is 7.88. The van der Waals surface area contributed by atoms with Gasteiger partial charge in [-0.2, -0.15) is 0 Å². The maximum Gasteiger partial charge on any atom is 0.0207 e. The molecule has 0 bridgehead atoms. The Morgan fingerprint density at radius 2 is 1.88 bits per heavy atom. The van der Waals surface area contributed by atoms with E-state index in [1.807, 2.05) is 0 Å². The highest BCUT2D eigenvalue weighted by Gasteiger charge is 2.06. The molecule has 17 heavy (non-hydrogen) atoms. The highest BCUT2D eigenvalue weighted by molar-refractivity contribution is 9.10. The molecule has 0 spiro atoms. The summed E-state index contributed by atoms with van der Waals surface area (Å²) in [5.41, 5.74) is 2.80. The van der Waals surface area contributed by atoms with E-state index >= 15 is 0 Å². The fourth-order valence-corrected chi connectivity index (χ4v) is 1.93. The van der Waals surface area contributed by atoms with Crippen molar-refractivity contribution < 1.29 is 0 Å². The topological polar surface area (TPSA) is 24.1 Å². The van der Waals surface area contributed by atoms with Gasteiger partial charge in [-0.15, -0.1) is 0 Å². The Kier molecular flexibility index (Phi) is 5.63. The molecule has 1 aromatic carbocycles. The van der Waals surface area contributed by atoms with Gasteiger partial charge in [0.2, 0.25) is 0 Å². The van der Waals surface area contributed by atoms with Gasteiger partial charge in [0.1, 0.15) is 0 Å². The van der Waals surface area contributed by atoms with Crippen molar-refractivity contribution in [2.75, 3.05) is 13.1 Å². The van der Waals surface area contributed by atoms with Crippen LogP contribution < -0.4 is 10.6 Å². The van der Waals surface area contributed by atoms with Crippen LogP contribution in [0.3, 0.4) is 0 Å². The first kappa shape index (κ1) is 14.7. The lowest BCUT2D eigenvalue weighted by Crippen LogP contribution is -2.40. The van der Waals surface area contributed by atoms with Crippen molar-refractivity contribution in [1.29, 1.82) is 0 Å². The molecule has 0 saturated heterocycles. The number of halogens is 1. The summed E-state index contributed by atoms with van der Waals surface area (Å²) in [6, 6.07) is 6.50. The molecule has 0 atom stereocenters. The fraction of sp³-hybridized carbons (Fsp3) is 0.571. The molecule has 0 amide bonds. The number of hydrogen-bond acceptors (Lipinski definition) is 2. The van der Waals surface area contributed by atoms with Crippen molar-refractivity contribution in [2.24, 2.45) is 0 Å². The van der Waals surface area contributed by atoms with E-state index in [-0.39, 0.29) is 5.54 Å². The minimum Gasteiger partial charge on any atom is -0.311 e. The van der Waals surface area contributed by atoms with Gasteiger partial charge < -0.3 is 10.6 Å². The van der Waals surface area contributed by atoms with Crippen LogP contribution in [-0.4, -0.2) is 18.6 Å². The zero-order valence-electron chi connectivity index (χ0n) is 11.2. The van der Waals surface area contributed by atoms with Crippen LogP contribution in [0.5, 0.6) is 0 Å². The third-order valence-corrected chi connectivity index (χ3v) is 3.38. The Morgan fingerprint density at radius 3 is 2.47 bits per heavy atom. The molecule has 96 valence electrons. The average Bonchev–Trinajstić information content (AvgIpc) is 2.21. The number of benzene rings is 1. The predicted octanol–water partition coefficient (Wildman–Crippen LogP) is 3.24. The van der Waals surface area contributed by atoms with E-state index in [0.29, 0.717) is 0 Å². The molecule has 0 heterocycles. The van der Waals surface area contributed by atoms with Crippen molar-refractivity contribution in [3.05, 3.63) is 33.8 Å². The molecule has 0 saturated carbocycles. The molecule has 0 aromatic heterocycles. The van der Waals surface area contributed by atoms with Gasteiger partial charge >= 0.3 is 0 Å². The van der Waals surface area contributed by atoms with Crippen LogP contribution in [0.4, 0.5) is 0 Å². The normalized spacial score (nSPS) is 11.8. The smallest absolute Gasteiger partial charge is 0.0207 e. The molecule has 2 nitrogen and oxygen atoms in total. The Bertz CT molecular complexity index is 356.